The molecule has 0 spiro atoms. The SMILES string of the molecule is CCC(CO[Si](C)(C)C(C)(C)C)NC(=O)C(=O)NC(CC)CO[Si](C)(C)C(C)(C)C. The first-order valence-corrected chi connectivity index (χ1v) is 17.1. The summed E-state index contributed by atoms with van der Waals surface area (Å²) in [5.41, 5.74) is 0. The van der Waals surface area contributed by atoms with Crippen molar-refractivity contribution in [2.75, 3.05) is 13.2 Å². The van der Waals surface area contributed by atoms with Crippen LogP contribution < -0.4 is 10.6 Å². The highest BCUT2D eigenvalue weighted by Crippen LogP contribution is 2.37. The van der Waals surface area contributed by atoms with Crippen LogP contribution in [0.25, 0.3) is 0 Å². The summed E-state index contributed by atoms with van der Waals surface area (Å²) in [4.78, 5) is 24.9. The molecule has 2 unspecified atom stereocenters. The number of rotatable bonds is 10. The summed E-state index contributed by atoms with van der Waals surface area (Å²) in [6.45, 7) is 26.7. The molecule has 0 rings (SSSR count). The third-order valence-corrected chi connectivity index (χ3v) is 15.8. The highest BCUT2D eigenvalue weighted by Gasteiger charge is 2.38. The van der Waals surface area contributed by atoms with Crippen LogP contribution in [-0.2, 0) is 18.4 Å². The van der Waals surface area contributed by atoms with E-state index in [2.05, 4.69) is 78.4 Å². The van der Waals surface area contributed by atoms with Crippen molar-refractivity contribution < 1.29 is 18.4 Å². The Balaban J connectivity index is 4.77. The predicted octanol–water partition coefficient (Wildman–Crippen LogP) is 4.82. The van der Waals surface area contributed by atoms with Gasteiger partial charge in [0.1, 0.15) is 0 Å². The molecule has 0 radical (unpaired) electrons. The third-order valence-electron chi connectivity index (χ3n) is 6.77. The number of hydrogen-bond donors (Lipinski definition) is 2. The van der Waals surface area contributed by atoms with Gasteiger partial charge in [-0.25, -0.2) is 0 Å². The predicted molar refractivity (Wildman–Crippen MR) is 131 cm³/mol. The van der Waals surface area contributed by atoms with Gasteiger partial charge in [-0.2, -0.15) is 0 Å². The molecule has 0 heterocycles. The standard InChI is InChI=1S/C22H48N2O4Si2/c1-13-17(15-27-29(9,10)21(3,4)5)23-19(25)20(26)24-18(14-2)16-28-30(11,12)22(6,7)8/h17-18H,13-16H2,1-12H3,(H,23,25)(H,24,26). The van der Waals surface area contributed by atoms with Gasteiger partial charge in [0.15, 0.2) is 16.6 Å². The maximum atomic E-state index is 12.4. The van der Waals surface area contributed by atoms with Crippen molar-refractivity contribution in [2.24, 2.45) is 0 Å². The zero-order chi connectivity index (χ0) is 24.0. The second-order valence-electron chi connectivity index (χ2n) is 11.3. The van der Waals surface area contributed by atoms with Crippen molar-refractivity contribution in [3.05, 3.63) is 0 Å². The fraction of sp³-hybridized carbons (Fsp3) is 0.909. The number of hydrogen-bond acceptors (Lipinski definition) is 4. The van der Waals surface area contributed by atoms with Gasteiger partial charge in [0, 0.05) is 0 Å². The van der Waals surface area contributed by atoms with Crippen molar-refractivity contribution in [3.63, 3.8) is 0 Å². The quantitative estimate of drug-likeness (QED) is 0.362. The van der Waals surface area contributed by atoms with E-state index < -0.39 is 28.4 Å². The molecule has 30 heavy (non-hydrogen) atoms. The molecule has 0 aliphatic heterocycles. The Morgan fingerprint density at radius 2 is 0.967 bits per heavy atom. The minimum atomic E-state index is -1.90. The normalized spacial score (nSPS) is 15.5. The molecule has 2 atom stereocenters. The van der Waals surface area contributed by atoms with E-state index in [0.29, 0.717) is 26.1 Å². The summed E-state index contributed by atoms with van der Waals surface area (Å²) in [5, 5.41) is 5.87. The Labute approximate surface area is 187 Å². The van der Waals surface area contributed by atoms with Gasteiger partial charge in [-0.3, -0.25) is 9.59 Å². The molecular formula is C22H48N2O4Si2. The maximum absolute atomic E-state index is 12.4. The van der Waals surface area contributed by atoms with Gasteiger partial charge in [-0.1, -0.05) is 55.4 Å². The Bertz CT molecular complexity index is 516. The second kappa shape index (κ2) is 11.2. The minimum absolute atomic E-state index is 0.102. The average molecular weight is 461 g/mol. The van der Waals surface area contributed by atoms with E-state index >= 15 is 0 Å². The number of carbonyl (C=O) groups is 2. The lowest BCUT2D eigenvalue weighted by Gasteiger charge is -2.37. The van der Waals surface area contributed by atoms with Crippen LogP contribution in [0, 0.1) is 0 Å². The summed E-state index contributed by atoms with van der Waals surface area (Å²) in [6, 6.07) is -0.359. The third kappa shape index (κ3) is 9.20. The molecule has 0 fully saturated rings. The van der Waals surface area contributed by atoms with Gasteiger partial charge in [-0.15, -0.1) is 0 Å². The van der Waals surface area contributed by atoms with Gasteiger partial charge in [0.05, 0.1) is 25.3 Å². The molecule has 0 saturated heterocycles. The monoisotopic (exact) mass is 460 g/mol. The Morgan fingerprint density at radius 3 is 1.17 bits per heavy atom. The minimum Gasteiger partial charge on any atom is -0.415 e. The van der Waals surface area contributed by atoms with Gasteiger partial charge < -0.3 is 19.5 Å². The Hall–Kier alpha value is -0.706. The van der Waals surface area contributed by atoms with Gasteiger partial charge in [0.2, 0.25) is 0 Å². The first-order chi connectivity index (χ1) is 13.4. The topological polar surface area (TPSA) is 76.7 Å². The maximum Gasteiger partial charge on any atom is 0.309 e. The number of carbonyl (C=O) groups excluding carboxylic acids is 2. The van der Waals surface area contributed by atoms with Gasteiger partial charge in [0.25, 0.3) is 0 Å². The van der Waals surface area contributed by atoms with E-state index in [4.69, 9.17) is 8.85 Å². The molecule has 178 valence electrons. The van der Waals surface area contributed by atoms with Crippen LogP contribution >= 0.6 is 0 Å². The van der Waals surface area contributed by atoms with E-state index in [0.717, 1.165) is 0 Å². The van der Waals surface area contributed by atoms with E-state index in [9.17, 15) is 9.59 Å². The van der Waals surface area contributed by atoms with Crippen molar-refractivity contribution in [3.8, 4) is 0 Å². The largest absolute Gasteiger partial charge is 0.415 e. The molecule has 0 saturated carbocycles. The van der Waals surface area contributed by atoms with Crippen LogP contribution in [0.4, 0.5) is 0 Å². The lowest BCUT2D eigenvalue weighted by Crippen LogP contribution is -2.52. The van der Waals surface area contributed by atoms with Gasteiger partial charge >= 0.3 is 11.8 Å². The van der Waals surface area contributed by atoms with E-state index in [1.165, 1.54) is 0 Å². The molecule has 0 aromatic heterocycles. The molecule has 0 aromatic rings. The smallest absolute Gasteiger partial charge is 0.309 e. The summed E-state index contributed by atoms with van der Waals surface area (Å²) < 4.78 is 12.4. The van der Waals surface area contributed by atoms with Crippen LogP contribution in [0.5, 0.6) is 0 Å². The van der Waals surface area contributed by atoms with Crippen LogP contribution in [0.2, 0.25) is 36.3 Å². The number of amides is 2. The lowest BCUT2D eigenvalue weighted by molar-refractivity contribution is -0.140. The first kappa shape index (κ1) is 29.3. The molecule has 0 aliphatic carbocycles. The molecule has 0 bridgehead atoms. The lowest BCUT2D eigenvalue weighted by atomic mass is 10.2. The Kier molecular flexibility index (Phi) is 11.0. The molecule has 6 nitrogen and oxygen atoms in total. The van der Waals surface area contributed by atoms with Crippen molar-refractivity contribution in [1.29, 1.82) is 0 Å². The van der Waals surface area contributed by atoms with E-state index in [1.54, 1.807) is 0 Å². The van der Waals surface area contributed by atoms with Gasteiger partial charge in [-0.05, 0) is 49.1 Å². The van der Waals surface area contributed by atoms with E-state index in [-0.39, 0.29) is 22.2 Å². The molecule has 0 aliphatic rings. The summed E-state index contributed by atoms with van der Waals surface area (Å²) in [6.07, 6.45) is 1.42. The van der Waals surface area contributed by atoms with Crippen molar-refractivity contribution in [1.82, 2.24) is 10.6 Å². The fourth-order valence-corrected chi connectivity index (χ4v) is 4.18. The van der Waals surface area contributed by atoms with Crippen LogP contribution in [0.3, 0.4) is 0 Å². The van der Waals surface area contributed by atoms with E-state index in [1.807, 2.05) is 13.8 Å². The fourth-order valence-electron chi connectivity index (χ4n) is 2.08. The summed E-state index contributed by atoms with van der Waals surface area (Å²) in [5.74, 6) is -1.21. The highest BCUT2D eigenvalue weighted by molar-refractivity contribution is 6.74. The zero-order valence-electron chi connectivity index (χ0n) is 21.6. The average Bonchev–Trinajstić information content (AvgIpc) is 2.59. The number of nitrogens with one attached hydrogen (secondary N) is 2. The highest BCUT2D eigenvalue weighted by atomic mass is 28.4. The first-order valence-electron chi connectivity index (χ1n) is 11.3. The van der Waals surface area contributed by atoms with Crippen LogP contribution in [0.15, 0.2) is 0 Å². The van der Waals surface area contributed by atoms with Crippen molar-refractivity contribution in [2.45, 2.75) is 117 Å². The van der Waals surface area contributed by atoms with Crippen LogP contribution in [0.1, 0.15) is 68.2 Å². The molecule has 2 amide bonds. The Morgan fingerprint density at radius 1 is 0.700 bits per heavy atom. The summed E-state index contributed by atoms with van der Waals surface area (Å²) >= 11 is 0. The molecule has 2 N–H and O–H groups in total. The second-order valence-corrected chi connectivity index (χ2v) is 20.9. The zero-order valence-corrected chi connectivity index (χ0v) is 23.6. The van der Waals surface area contributed by atoms with Crippen molar-refractivity contribution >= 4 is 28.4 Å². The molecular weight excluding hydrogens is 412 g/mol. The summed E-state index contributed by atoms with van der Waals surface area (Å²) in [7, 11) is -3.81. The molecule has 0 aromatic carbocycles. The molecule has 8 heteroatoms. The van der Waals surface area contributed by atoms with Crippen LogP contribution in [-0.4, -0.2) is 53.7 Å².